The summed E-state index contributed by atoms with van der Waals surface area (Å²) in [4.78, 5) is 4.44. The third kappa shape index (κ3) is 2.08. The zero-order valence-corrected chi connectivity index (χ0v) is 10.1. The molecule has 1 aromatic carbocycles. The Hall–Kier alpha value is -0.580. The Morgan fingerprint density at radius 3 is 2.50 bits per heavy atom. The van der Waals surface area contributed by atoms with Gasteiger partial charge in [0.1, 0.15) is 0 Å². The largest absolute Gasteiger partial charge is 0.337 e. The molecular formula is C10H9NS3. The van der Waals surface area contributed by atoms with Crippen molar-refractivity contribution in [1.82, 2.24) is 4.98 Å². The maximum Gasteiger partial charge on any atom is 0.158 e. The molecule has 2 aromatic rings. The van der Waals surface area contributed by atoms with Crippen LogP contribution in [0.3, 0.4) is 0 Å². The van der Waals surface area contributed by atoms with E-state index in [0.717, 1.165) is 9.65 Å². The maximum atomic E-state index is 5.04. The fourth-order valence-corrected chi connectivity index (χ4v) is 2.44. The lowest BCUT2D eigenvalue weighted by Crippen LogP contribution is -1.76. The third-order valence-electron chi connectivity index (χ3n) is 1.92. The number of benzene rings is 1. The van der Waals surface area contributed by atoms with Crippen molar-refractivity contribution in [2.24, 2.45) is 0 Å². The van der Waals surface area contributed by atoms with Crippen molar-refractivity contribution < 1.29 is 0 Å². The molecule has 0 amide bonds. The first-order chi connectivity index (χ1) is 6.79. The Balaban J connectivity index is 2.38. The van der Waals surface area contributed by atoms with Gasteiger partial charge in [0.15, 0.2) is 3.95 Å². The Morgan fingerprint density at radius 1 is 1.29 bits per heavy atom. The molecule has 4 heteroatoms. The second kappa shape index (κ2) is 4.29. The van der Waals surface area contributed by atoms with Crippen LogP contribution in [0.15, 0.2) is 34.5 Å². The van der Waals surface area contributed by atoms with Crippen LogP contribution in [0.1, 0.15) is 0 Å². The molecule has 2 rings (SSSR count). The summed E-state index contributed by atoms with van der Waals surface area (Å²) in [5.41, 5.74) is 2.29. The highest BCUT2D eigenvalue weighted by Crippen LogP contribution is 2.23. The van der Waals surface area contributed by atoms with Crippen LogP contribution in [0, 0.1) is 3.95 Å². The first kappa shape index (κ1) is 9.96. The lowest BCUT2D eigenvalue weighted by Gasteiger charge is -1.98. The van der Waals surface area contributed by atoms with E-state index < -0.39 is 0 Å². The average molecular weight is 239 g/mol. The van der Waals surface area contributed by atoms with Crippen molar-refractivity contribution in [2.45, 2.75) is 4.90 Å². The monoisotopic (exact) mass is 239 g/mol. The number of aromatic amines is 1. The van der Waals surface area contributed by atoms with Gasteiger partial charge in [-0.2, -0.15) is 0 Å². The number of thiazole rings is 1. The van der Waals surface area contributed by atoms with Crippen LogP contribution in [-0.4, -0.2) is 11.2 Å². The van der Waals surface area contributed by atoms with Crippen molar-refractivity contribution in [1.29, 1.82) is 0 Å². The van der Waals surface area contributed by atoms with E-state index in [1.807, 2.05) is 0 Å². The van der Waals surface area contributed by atoms with E-state index in [0.29, 0.717) is 0 Å². The van der Waals surface area contributed by atoms with Gasteiger partial charge >= 0.3 is 0 Å². The van der Waals surface area contributed by atoms with Crippen molar-refractivity contribution in [3.63, 3.8) is 0 Å². The number of rotatable bonds is 2. The fraction of sp³-hybridized carbons (Fsp3) is 0.100. The molecule has 0 atom stereocenters. The number of aromatic nitrogens is 1. The zero-order chi connectivity index (χ0) is 9.97. The van der Waals surface area contributed by atoms with Crippen molar-refractivity contribution >= 4 is 35.3 Å². The van der Waals surface area contributed by atoms with Gasteiger partial charge < -0.3 is 4.98 Å². The topological polar surface area (TPSA) is 15.8 Å². The van der Waals surface area contributed by atoms with E-state index in [1.54, 1.807) is 23.1 Å². The fourth-order valence-electron chi connectivity index (χ4n) is 1.19. The second-order valence-electron chi connectivity index (χ2n) is 2.79. The van der Waals surface area contributed by atoms with Gasteiger partial charge in [-0.1, -0.05) is 12.1 Å². The van der Waals surface area contributed by atoms with Crippen LogP contribution < -0.4 is 0 Å². The number of thioether (sulfide) groups is 1. The Labute approximate surface area is 96.2 Å². The minimum absolute atomic E-state index is 0.828. The first-order valence-electron chi connectivity index (χ1n) is 4.12. The maximum absolute atomic E-state index is 5.04. The Morgan fingerprint density at radius 2 is 2.00 bits per heavy atom. The molecule has 0 aliphatic carbocycles. The van der Waals surface area contributed by atoms with Crippen LogP contribution in [-0.2, 0) is 0 Å². The molecule has 0 aliphatic rings. The summed E-state index contributed by atoms with van der Waals surface area (Å²) in [6.45, 7) is 0. The van der Waals surface area contributed by atoms with Crippen LogP contribution in [0.4, 0.5) is 0 Å². The third-order valence-corrected chi connectivity index (χ3v) is 3.73. The summed E-state index contributed by atoms with van der Waals surface area (Å²) >= 11 is 8.35. The van der Waals surface area contributed by atoms with Crippen molar-refractivity contribution in [3.05, 3.63) is 33.6 Å². The Kier molecular flexibility index (Phi) is 3.05. The SMILES string of the molecule is CSc1ccc(-c2csc(=S)[nH]2)cc1. The normalized spacial score (nSPS) is 10.4. The molecule has 14 heavy (non-hydrogen) atoms. The molecule has 0 unspecified atom stereocenters. The van der Waals surface area contributed by atoms with Gasteiger partial charge in [0.25, 0.3) is 0 Å². The number of H-pyrrole nitrogens is 1. The molecule has 0 saturated carbocycles. The highest BCUT2D eigenvalue weighted by molar-refractivity contribution is 7.98. The van der Waals surface area contributed by atoms with E-state index in [4.69, 9.17) is 12.2 Å². The average Bonchev–Trinajstić information content (AvgIpc) is 2.65. The van der Waals surface area contributed by atoms with E-state index in [9.17, 15) is 0 Å². The molecule has 1 aromatic heterocycles. The quantitative estimate of drug-likeness (QED) is 0.624. The summed E-state index contributed by atoms with van der Waals surface area (Å²) in [5.74, 6) is 0. The summed E-state index contributed by atoms with van der Waals surface area (Å²) < 4.78 is 0.828. The lowest BCUT2D eigenvalue weighted by atomic mass is 10.2. The molecule has 0 saturated heterocycles. The zero-order valence-electron chi connectivity index (χ0n) is 7.61. The highest BCUT2D eigenvalue weighted by Gasteiger charge is 1.98. The molecule has 72 valence electrons. The van der Waals surface area contributed by atoms with E-state index >= 15 is 0 Å². The molecule has 1 heterocycles. The van der Waals surface area contributed by atoms with E-state index in [1.165, 1.54) is 10.5 Å². The molecule has 0 spiro atoms. The summed E-state index contributed by atoms with van der Waals surface area (Å²) in [6, 6.07) is 8.46. The van der Waals surface area contributed by atoms with Crippen LogP contribution in [0.2, 0.25) is 0 Å². The molecule has 0 radical (unpaired) electrons. The van der Waals surface area contributed by atoms with Gasteiger partial charge in [0.2, 0.25) is 0 Å². The predicted octanol–water partition coefficient (Wildman–Crippen LogP) is 4.19. The Bertz CT molecular complexity index is 467. The lowest BCUT2D eigenvalue weighted by molar-refractivity contribution is 1.37. The number of hydrogen-bond acceptors (Lipinski definition) is 3. The van der Waals surface area contributed by atoms with Crippen LogP contribution in [0.5, 0.6) is 0 Å². The van der Waals surface area contributed by atoms with Crippen molar-refractivity contribution in [2.75, 3.05) is 6.26 Å². The second-order valence-corrected chi connectivity index (χ2v) is 5.22. The van der Waals surface area contributed by atoms with Gasteiger partial charge in [-0.05, 0) is 36.2 Å². The molecule has 0 fully saturated rings. The summed E-state index contributed by atoms with van der Waals surface area (Å²) in [5, 5.41) is 2.05. The minimum atomic E-state index is 0.828. The van der Waals surface area contributed by atoms with Gasteiger partial charge in [-0.3, -0.25) is 0 Å². The summed E-state index contributed by atoms with van der Waals surface area (Å²) in [6.07, 6.45) is 2.08. The molecule has 0 bridgehead atoms. The van der Waals surface area contributed by atoms with Gasteiger partial charge in [0.05, 0.1) is 5.69 Å². The van der Waals surface area contributed by atoms with Crippen LogP contribution >= 0.6 is 35.3 Å². The van der Waals surface area contributed by atoms with E-state index in [2.05, 4.69) is 40.9 Å². The van der Waals surface area contributed by atoms with Crippen molar-refractivity contribution in [3.8, 4) is 11.3 Å². The van der Waals surface area contributed by atoms with Gasteiger partial charge in [0, 0.05) is 10.3 Å². The molecule has 1 N–H and O–H groups in total. The first-order valence-corrected chi connectivity index (χ1v) is 6.63. The van der Waals surface area contributed by atoms with E-state index in [-0.39, 0.29) is 0 Å². The standard InChI is InChI=1S/C10H9NS3/c1-13-8-4-2-7(3-5-8)9-6-14-10(12)11-9/h2-6H,1H3,(H,11,12). The van der Waals surface area contributed by atoms with Gasteiger partial charge in [-0.15, -0.1) is 23.1 Å². The minimum Gasteiger partial charge on any atom is -0.337 e. The highest BCUT2D eigenvalue weighted by atomic mass is 32.2. The summed E-state index contributed by atoms with van der Waals surface area (Å²) in [7, 11) is 0. The predicted molar refractivity (Wildman–Crippen MR) is 66.7 cm³/mol. The molecule has 0 aliphatic heterocycles. The van der Waals surface area contributed by atoms with Gasteiger partial charge in [-0.25, -0.2) is 0 Å². The smallest absolute Gasteiger partial charge is 0.158 e. The molecular weight excluding hydrogens is 230 g/mol. The van der Waals surface area contributed by atoms with Crippen LogP contribution in [0.25, 0.3) is 11.3 Å². The molecule has 1 nitrogen and oxygen atoms in total. The number of nitrogens with one attached hydrogen (secondary N) is 1. The number of hydrogen-bond donors (Lipinski definition) is 1.